The summed E-state index contributed by atoms with van der Waals surface area (Å²) in [6, 6.07) is 13.5. The highest BCUT2D eigenvalue weighted by molar-refractivity contribution is 5.95. The van der Waals surface area contributed by atoms with Gasteiger partial charge in [-0.15, -0.1) is 0 Å². The number of benzene rings is 2. The van der Waals surface area contributed by atoms with E-state index in [4.69, 9.17) is 10.5 Å². The van der Waals surface area contributed by atoms with Crippen LogP contribution in [0, 0.1) is 5.82 Å². The van der Waals surface area contributed by atoms with E-state index >= 15 is 0 Å². The number of rotatable bonds is 4. The Morgan fingerprint density at radius 2 is 2.00 bits per heavy atom. The third-order valence-corrected chi connectivity index (χ3v) is 4.59. The lowest BCUT2D eigenvalue weighted by molar-refractivity contribution is 0.0467. The maximum Gasteiger partial charge on any atom is 0.340 e. The monoisotopic (exact) mass is 351 g/mol. The summed E-state index contributed by atoms with van der Waals surface area (Å²) in [5.41, 5.74) is 9.99. The van der Waals surface area contributed by atoms with Crippen LogP contribution in [-0.4, -0.2) is 15.7 Å². The zero-order valence-electron chi connectivity index (χ0n) is 14.1. The molecule has 0 fully saturated rings. The minimum Gasteiger partial charge on any atom is -0.455 e. The van der Waals surface area contributed by atoms with Gasteiger partial charge in [0.05, 0.1) is 11.3 Å². The van der Waals surface area contributed by atoms with Gasteiger partial charge in [0.2, 0.25) is 0 Å². The lowest BCUT2D eigenvalue weighted by atomic mass is 10.2. The molecule has 0 unspecified atom stereocenters. The fourth-order valence-corrected chi connectivity index (χ4v) is 3.34. The van der Waals surface area contributed by atoms with Gasteiger partial charge in [0.25, 0.3) is 0 Å². The number of halogens is 1. The van der Waals surface area contributed by atoms with E-state index in [9.17, 15) is 9.18 Å². The molecule has 0 aliphatic heterocycles. The zero-order chi connectivity index (χ0) is 18.1. The molecule has 132 valence electrons. The van der Waals surface area contributed by atoms with Gasteiger partial charge in [-0.1, -0.05) is 18.2 Å². The van der Waals surface area contributed by atoms with Crippen LogP contribution in [-0.2, 0) is 24.2 Å². The van der Waals surface area contributed by atoms with Gasteiger partial charge in [0.1, 0.15) is 18.1 Å². The highest BCUT2D eigenvalue weighted by atomic mass is 19.1. The Balaban J connectivity index is 1.57. The average molecular weight is 351 g/mol. The average Bonchev–Trinajstić information content (AvgIpc) is 3.23. The van der Waals surface area contributed by atoms with E-state index in [2.05, 4.69) is 5.10 Å². The first kappa shape index (κ1) is 16.3. The fraction of sp³-hybridized carbons (Fsp3) is 0.200. The summed E-state index contributed by atoms with van der Waals surface area (Å²) < 4.78 is 20.5. The summed E-state index contributed by atoms with van der Waals surface area (Å²) in [4.78, 5) is 12.3. The van der Waals surface area contributed by atoms with Gasteiger partial charge in [0.15, 0.2) is 0 Å². The number of fused-ring (bicyclic) bond motifs is 1. The van der Waals surface area contributed by atoms with Crippen molar-refractivity contribution in [2.75, 3.05) is 5.73 Å². The number of nitrogens with zero attached hydrogens (tertiary/aromatic N) is 2. The molecule has 0 atom stereocenters. The maximum atomic E-state index is 13.1. The van der Waals surface area contributed by atoms with Crippen LogP contribution in [0.2, 0.25) is 0 Å². The molecule has 6 heteroatoms. The van der Waals surface area contributed by atoms with Crippen LogP contribution in [0.5, 0.6) is 0 Å². The molecule has 0 spiro atoms. The predicted octanol–water partition coefficient (Wildman–Crippen LogP) is 3.44. The van der Waals surface area contributed by atoms with E-state index in [1.165, 1.54) is 17.8 Å². The van der Waals surface area contributed by atoms with Crippen molar-refractivity contribution in [1.82, 2.24) is 9.78 Å². The number of esters is 1. The van der Waals surface area contributed by atoms with Crippen LogP contribution < -0.4 is 5.73 Å². The molecular formula is C20H18FN3O2. The maximum absolute atomic E-state index is 13.1. The summed E-state index contributed by atoms with van der Waals surface area (Å²) in [7, 11) is 0. The Kier molecular flexibility index (Phi) is 4.16. The van der Waals surface area contributed by atoms with E-state index in [1.54, 1.807) is 0 Å². The van der Waals surface area contributed by atoms with Crippen molar-refractivity contribution in [2.24, 2.45) is 0 Å². The van der Waals surface area contributed by atoms with Gasteiger partial charge in [-0.25, -0.2) is 13.9 Å². The molecule has 4 rings (SSSR count). The first-order valence-corrected chi connectivity index (χ1v) is 8.50. The Bertz CT molecular complexity index is 967. The number of carbonyl (C=O) groups excluding carboxylic acids is 1. The summed E-state index contributed by atoms with van der Waals surface area (Å²) in [5, 5.41) is 4.65. The second-order valence-electron chi connectivity index (χ2n) is 6.28. The third kappa shape index (κ3) is 2.94. The number of carbonyl (C=O) groups is 1. The van der Waals surface area contributed by atoms with Gasteiger partial charge in [-0.05, 0) is 49.6 Å². The lowest BCUT2D eigenvalue weighted by Gasteiger charge is -2.07. The van der Waals surface area contributed by atoms with E-state index in [1.807, 2.05) is 35.0 Å². The molecule has 0 amide bonds. The Morgan fingerprint density at radius 3 is 2.77 bits per heavy atom. The summed E-state index contributed by atoms with van der Waals surface area (Å²) in [6.45, 7) is 0.0673. The third-order valence-electron chi connectivity index (χ3n) is 4.59. The van der Waals surface area contributed by atoms with Gasteiger partial charge >= 0.3 is 5.97 Å². The molecule has 1 aliphatic carbocycles. The first-order chi connectivity index (χ1) is 12.6. The highest BCUT2D eigenvalue weighted by Gasteiger charge is 2.24. The normalized spacial score (nSPS) is 12.8. The molecule has 3 aromatic rings. The van der Waals surface area contributed by atoms with E-state index in [0.717, 1.165) is 42.3 Å². The summed E-state index contributed by atoms with van der Waals surface area (Å²) >= 11 is 0. The molecule has 0 saturated heterocycles. The van der Waals surface area contributed by atoms with Crippen molar-refractivity contribution in [3.8, 4) is 5.69 Å². The lowest BCUT2D eigenvalue weighted by Crippen LogP contribution is -2.09. The van der Waals surface area contributed by atoms with Crippen molar-refractivity contribution in [3.05, 3.63) is 76.9 Å². The largest absolute Gasteiger partial charge is 0.455 e. The van der Waals surface area contributed by atoms with Crippen LogP contribution in [0.15, 0.2) is 48.5 Å². The number of nitrogen functional groups attached to an aromatic ring is 1. The van der Waals surface area contributed by atoms with Crippen molar-refractivity contribution in [1.29, 1.82) is 0 Å². The number of anilines is 1. The minimum atomic E-state index is -0.580. The van der Waals surface area contributed by atoms with Gasteiger partial charge in [0, 0.05) is 16.9 Å². The molecular weight excluding hydrogens is 333 g/mol. The van der Waals surface area contributed by atoms with Crippen molar-refractivity contribution in [3.63, 3.8) is 0 Å². The first-order valence-electron chi connectivity index (χ1n) is 8.50. The summed E-state index contributed by atoms with van der Waals surface area (Å²) in [5.74, 6) is -1.07. The number of hydrogen-bond donors (Lipinski definition) is 1. The molecule has 0 bridgehead atoms. The minimum absolute atomic E-state index is 0.0649. The van der Waals surface area contributed by atoms with Crippen molar-refractivity contribution < 1.29 is 13.9 Å². The predicted molar refractivity (Wildman–Crippen MR) is 95.5 cm³/mol. The van der Waals surface area contributed by atoms with Gasteiger partial charge < -0.3 is 10.5 Å². The quantitative estimate of drug-likeness (QED) is 0.577. The Hall–Kier alpha value is -3.15. The topological polar surface area (TPSA) is 70.1 Å². The van der Waals surface area contributed by atoms with Gasteiger partial charge in [-0.3, -0.25) is 0 Å². The molecule has 26 heavy (non-hydrogen) atoms. The molecule has 0 radical (unpaired) electrons. The molecule has 1 aliphatic rings. The number of hydrogen-bond acceptors (Lipinski definition) is 4. The molecule has 0 saturated carbocycles. The van der Waals surface area contributed by atoms with E-state index in [-0.39, 0.29) is 17.9 Å². The second kappa shape index (κ2) is 6.63. The van der Waals surface area contributed by atoms with Crippen LogP contribution in [0.4, 0.5) is 10.1 Å². The zero-order valence-corrected chi connectivity index (χ0v) is 14.1. The second-order valence-corrected chi connectivity index (χ2v) is 6.28. The number of nitrogens with two attached hydrogens (primary N) is 1. The standard InChI is InChI=1S/C20H18FN3O2/c21-13-9-10-15(17(22)11-13)20(25)26-12-18-16-7-4-8-19(16)24(23-18)14-5-2-1-3-6-14/h1-3,5-6,9-11H,4,7-8,12,22H2. The molecule has 1 aromatic heterocycles. The summed E-state index contributed by atoms with van der Waals surface area (Å²) in [6.07, 6.45) is 2.94. The Morgan fingerprint density at radius 1 is 1.19 bits per heavy atom. The number of para-hydroxylation sites is 1. The smallest absolute Gasteiger partial charge is 0.340 e. The van der Waals surface area contributed by atoms with Crippen LogP contribution in [0.1, 0.15) is 33.7 Å². The molecule has 2 aromatic carbocycles. The molecule has 1 heterocycles. The van der Waals surface area contributed by atoms with Crippen LogP contribution in [0.25, 0.3) is 5.69 Å². The molecule has 2 N–H and O–H groups in total. The van der Waals surface area contributed by atoms with Crippen LogP contribution >= 0.6 is 0 Å². The van der Waals surface area contributed by atoms with Crippen molar-refractivity contribution >= 4 is 11.7 Å². The number of aromatic nitrogens is 2. The molecule has 5 nitrogen and oxygen atoms in total. The highest BCUT2D eigenvalue weighted by Crippen LogP contribution is 2.28. The fourth-order valence-electron chi connectivity index (χ4n) is 3.34. The van der Waals surface area contributed by atoms with E-state index in [0.29, 0.717) is 0 Å². The SMILES string of the molecule is Nc1cc(F)ccc1C(=O)OCc1nn(-c2ccccc2)c2c1CCC2. The van der Waals surface area contributed by atoms with E-state index < -0.39 is 11.8 Å². The van der Waals surface area contributed by atoms with Crippen molar-refractivity contribution in [2.45, 2.75) is 25.9 Å². The van der Waals surface area contributed by atoms with Crippen LogP contribution in [0.3, 0.4) is 0 Å². The van der Waals surface area contributed by atoms with Gasteiger partial charge in [-0.2, -0.15) is 5.10 Å². The Labute approximate surface area is 150 Å². The number of ether oxygens (including phenoxy) is 1.